The molecule has 0 aliphatic heterocycles. The van der Waals surface area contributed by atoms with Crippen molar-refractivity contribution in [3.63, 3.8) is 0 Å². The third-order valence-corrected chi connectivity index (χ3v) is 2.61. The van der Waals surface area contributed by atoms with Crippen LogP contribution in [0.2, 0.25) is 0 Å². The number of amides is 1. The lowest BCUT2D eigenvalue weighted by Gasteiger charge is -2.12. The van der Waals surface area contributed by atoms with E-state index in [1.54, 1.807) is 30.3 Å². The van der Waals surface area contributed by atoms with Crippen molar-refractivity contribution in [2.24, 2.45) is 0 Å². The van der Waals surface area contributed by atoms with Gasteiger partial charge < -0.3 is 19.9 Å². The van der Waals surface area contributed by atoms with Gasteiger partial charge in [-0.15, -0.1) is 0 Å². The Morgan fingerprint density at radius 2 is 2.25 bits per heavy atom. The Balaban J connectivity index is 2.52. The summed E-state index contributed by atoms with van der Waals surface area (Å²) in [6.45, 7) is 4.55. The number of aliphatic hydroxyl groups excluding tert-OH is 1. The predicted octanol–water partition coefficient (Wildman–Crippen LogP) is 1.38. The van der Waals surface area contributed by atoms with Gasteiger partial charge in [0.1, 0.15) is 12.4 Å². The molecule has 0 aliphatic carbocycles. The predicted molar refractivity (Wildman–Crippen MR) is 77.0 cm³/mol. The van der Waals surface area contributed by atoms with Gasteiger partial charge in [-0.25, -0.2) is 0 Å². The van der Waals surface area contributed by atoms with Crippen molar-refractivity contribution in [3.05, 3.63) is 42.5 Å². The van der Waals surface area contributed by atoms with E-state index < -0.39 is 6.10 Å². The first-order chi connectivity index (χ1) is 9.69. The minimum Gasteiger partial charge on any atom is -0.489 e. The van der Waals surface area contributed by atoms with Crippen LogP contribution in [0, 0.1) is 0 Å². The van der Waals surface area contributed by atoms with Crippen LogP contribution in [-0.4, -0.2) is 44.0 Å². The molecule has 20 heavy (non-hydrogen) atoms. The number of nitrogens with one attached hydrogen (secondary N) is 1. The topological polar surface area (TPSA) is 67.8 Å². The summed E-state index contributed by atoms with van der Waals surface area (Å²) in [5, 5.41) is 12.2. The number of carbonyl (C=O) groups excluding carboxylic acids is 1. The zero-order valence-corrected chi connectivity index (χ0v) is 11.7. The normalized spacial score (nSPS) is 11.7. The molecule has 0 bridgehead atoms. The first kappa shape index (κ1) is 16.2. The van der Waals surface area contributed by atoms with Crippen LogP contribution in [0.3, 0.4) is 0 Å². The van der Waals surface area contributed by atoms with E-state index in [0.717, 1.165) is 0 Å². The molecule has 1 atom stereocenters. The summed E-state index contributed by atoms with van der Waals surface area (Å²) >= 11 is 0. The summed E-state index contributed by atoms with van der Waals surface area (Å²) in [7, 11) is 1.52. The molecule has 0 fully saturated rings. The molecule has 0 aliphatic rings. The molecule has 1 rings (SSSR count). The molecule has 1 aromatic rings. The van der Waals surface area contributed by atoms with Gasteiger partial charge in [0.2, 0.25) is 0 Å². The van der Waals surface area contributed by atoms with E-state index in [-0.39, 0.29) is 12.5 Å². The second-order valence-electron chi connectivity index (χ2n) is 4.25. The largest absolute Gasteiger partial charge is 0.489 e. The highest BCUT2D eigenvalue weighted by atomic mass is 16.5. The Bertz CT molecular complexity index is 434. The fourth-order valence-electron chi connectivity index (χ4n) is 1.65. The molecule has 0 heterocycles. The highest BCUT2D eigenvalue weighted by Gasteiger charge is 2.12. The van der Waals surface area contributed by atoms with Crippen molar-refractivity contribution in [2.45, 2.75) is 12.5 Å². The van der Waals surface area contributed by atoms with Gasteiger partial charge in [-0.3, -0.25) is 4.79 Å². The monoisotopic (exact) mass is 279 g/mol. The van der Waals surface area contributed by atoms with E-state index in [2.05, 4.69) is 11.9 Å². The van der Waals surface area contributed by atoms with Crippen molar-refractivity contribution in [3.8, 4) is 5.75 Å². The van der Waals surface area contributed by atoms with Crippen molar-refractivity contribution in [1.82, 2.24) is 5.32 Å². The highest BCUT2D eigenvalue weighted by Crippen LogP contribution is 2.17. The summed E-state index contributed by atoms with van der Waals surface area (Å²) in [6, 6.07) is 7.00. The Kier molecular flexibility index (Phi) is 7.39. The molecule has 0 saturated heterocycles. The standard InChI is InChI=1S/C15H21NO4/c1-3-10-20-14-7-5-4-6-13(14)15(18)16-9-8-12(17)11-19-2/h3-7,12,17H,1,8-11H2,2H3,(H,16,18). The van der Waals surface area contributed by atoms with Crippen molar-refractivity contribution in [1.29, 1.82) is 0 Å². The first-order valence-corrected chi connectivity index (χ1v) is 6.47. The Labute approximate surface area is 119 Å². The molecule has 0 aromatic heterocycles. The Morgan fingerprint density at radius 1 is 1.50 bits per heavy atom. The molecule has 2 N–H and O–H groups in total. The van der Waals surface area contributed by atoms with E-state index in [0.29, 0.717) is 30.9 Å². The molecular formula is C15H21NO4. The van der Waals surface area contributed by atoms with Crippen LogP contribution >= 0.6 is 0 Å². The Hall–Kier alpha value is -1.85. The number of benzene rings is 1. The summed E-state index contributed by atoms with van der Waals surface area (Å²) in [4.78, 5) is 12.0. The van der Waals surface area contributed by atoms with Gasteiger partial charge in [0.05, 0.1) is 18.3 Å². The first-order valence-electron chi connectivity index (χ1n) is 6.47. The van der Waals surface area contributed by atoms with Gasteiger partial charge in [-0.1, -0.05) is 24.8 Å². The van der Waals surface area contributed by atoms with Gasteiger partial charge in [0.15, 0.2) is 0 Å². The maximum absolute atomic E-state index is 12.0. The van der Waals surface area contributed by atoms with Gasteiger partial charge in [0.25, 0.3) is 5.91 Å². The highest BCUT2D eigenvalue weighted by molar-refractivity contribution is 5.96. The molecular weight excluding hydrogens is 258 g/mol. The van der Waals surface area contributed by atoms with Crippen LogP contribution in [-0.2, 0) is 4.74 Å². The minimum atomic E-state index is -0.576. The lowest BCUT2D eigenvalue weighted by atomic mass is 10.2. The van der Waals surface area contributed by atoms with E-state index in [9.17, 15) is 9.90 Å². The smallest absolute Gasteiger partial charge is 0.255 e. The number of hydrogen-bond acceptors (Lipinski definition) is 4. The summed E-state index contributed by atoms with van der Waals surface area (Å²) in [5.41, 5.74) is 0.468. The molecule has 1 amide bonds. The number of aliphatic hydroxyl groups is 1. The molecule has 0 spiro atoms. The lowest BCUT2D eigenvalue weighted by molar-refractivity contribution is 0.0587. The fraction of sp³-hybridized carbons (Fsp3) is 0.400. The van der Waals surface area contributed by atoms with Crippen LogP contribution in [0.25, 0.3) is 0 Å². The molecule has 5 heteroatoms. The second-order valence-corrected chi connectivity index (χ2v) is 4.25. The number of ether oxygens (including phenoxy) is 2. The number of rotatable bonds is 9. The molecule has 1 unspecified atom stereocenters. The van der Waals surface area contributed by atoms with E-state index in [1.807, 2.05) is 0 Å². The number of carbonyl (C=O) groups is 1. The van der Waals surface area contributed by atoms with Crippen molar-refractivity contribution in [2.75, 3.05) is 26.9 Å². The average Bonchev–Trinajstić information content (AvgIpc) is 2.45. The van der Waals surface area contributed by atoms with E-state index in [1.165, 1.54) is 7.11 Å². The van der Waals surface area contributed by atoms with Gasteiger partial charge in [0, 0.05) is 13.7 Å². The van der Waals surface area contributed by atoms with Crippen LogP contribution in [0.1, 0.15) is 16.8 Å². The van der Waals surface area contributed by atoms with Crippen LogP contribution in [0.4, 0.5) is 0 Å². The average molecular weight is 279 g/mol. The molecule has 110 valence electrons. The minimum absolute atomic E-state index is 0.228. The number of para-hydroxylation sites is 1. The summed E-state index contributed by atoms with van der Waals surface area (Å²) in [5.74, 6) is 0.289. The second kappa shape index (κ2) is 9.12. The maximum Gasteiger partial charge on any atom is 0.255 e. The quantitative estimate of drug-likeness (QED) is 0.670. The van der Waals surface area contributed by atoms with Crippen molar-refractivity contribution < 1.29 is 19.4 Å². The number of methoxy groups -OCH3 is 1. The maximum atomic E-state index is 12.0. The fourth-order valence-corrected chi connectivity index (χ4v) is 1.65. The van der Waals surface area contributed by atoms with Crippen molar-refractivity contribution >= 4 is 5.91 Å². The van der Waals surface area contributed by atoms with Gasteiger partial charge in [-0.2, -0.15) is 0 Å². The van der Waals surface area contributed by atoms with Crippen LogP contribution in [0.15, 0.2) is 36.9 Å². The molecule has 5 nitrogen and oxygen atoms in total. The van der Waals surface area contributed by atoms with Gasteiger partial charge >= 0.3 is 0 Å². The molecule has 0 radical (unpaired) electrons. The third kappa shape index (κ3) is 5.42. The van der Waals surface area contributed by atoms with Crippen LogP contribution < -0.4 is 10.1 Å². The van der Waals surface area contributed by atoms with Crippen LogP contribution in [0.5, 0.6) is 5.75 Å². The lowest BCUT2D eigenvalue weighted by Crippen LogP contribution is -2.28. The molecule has 1 aromatic carbocycles. The third-order valence-electron chi connectivity index (χ3n) is 2.61. The zero-order valence-electron chi connectivity index (χ0n) is 11.7. The van der Waals surface area contributed by atoms with Gasteiger partial charge in [-0.05, 0) is 18.6 Å². The van der Waals surface area contributed by atoms with E-state index >= 15 is 0 Å². The zero-order chi connectivity index (χ0) is 14.8. The molecule has 0 saturated carbocycles. The SMILES string of the molecule is C=CCOc1ccccc1C(=O)NCCC(O)COC. The summed E-state index contributed by atoms with van der Waals surface area (Å²) in [6.07, 6.45) is 1.48. The van der Waals surface area contributed by atoms with E-state index in [4.69, 9.17) is 9.47 Å². The summed E-state index contributed by atoms with van der Waals surface area (Å²) < 4.78 is 10.2. The Morgan fingerprint density at radius 3 is 2.95 bits per heavy atom. The number of hydrogen-bond donors (Lipinski definition) is 2.